The molecule has 0 N–H and O–H groups in total. The molecule has 1 aliphatic heterocycles. The van der Waals surface area contributed by atoms with Crippen molar-refractivity contribution in [3.63, 3.8) is 0 Å². The van der Waals surface area contributed by atoms with Crippen LogP contribution in [0.5, 0.6) is 0 Å². The van der Waals surface area contributed by atoms with Crippen molar-refractivity contribution in [2.45, 2.75) is 19.1 Å². The number of hydrogen-bond donors (Lipinski definition) is 0. The van der Waals surface area contributed by atoms with Gasteiger partial charge in [0.25, 0.3) is 0 Å². The zero-order valence-electron chi connectivity index (χ0n) is 8.31. The highest BCUT2D eigenvalue weighted by atomic mass is 16.6. The average molecular weight is 191 g/mol. The molecule has 1 heterocycles. The minimum absolute atomic E-state index is 0.102. The van der Waals surface area contributed by atoms with Crippen LogP contribution in [0.4, 0.5) is 4.79 Å². The monoisotopic (exact) mass is 191 g/mol. The molecule has 0 aliphatic carbocycles. The lowest BCUT2D eigenvalue weighted by Crippen LogP contribution is -2.27. The van der Waals surface area contributed by atoms with E-state index in [1.54, 1.807) is 11.9 Å². The van der Waals surface area contributed by atoms with Gasteiger partial charge in [-0.3, -0.25) is 0 Å². The number of benzene rings is 1. The SMILES string of the molecule is CC1C(c2ccccc2)OC(=O)N1C. The Balaban J connectivity index is 2.26. The lowest BCUT2D eigenvalue weighted by Gasteiger charge is -2.16. The zero-order valence-corrected chi connectivity index (χ0v) is 8.31. The smallest absolute Gasteiger partial charge is 0.410 e. The molecule has 2 atom stereocenters. The molecule has 1 saturated heterocycles. The topological polar surface area (TPSA) is 29.5 Å². The van der Waals surface area contributed by atoms with E-state index in [9.17, 15) is 4.79 Å². The Hall–Kier alpha value is -1.51. The van der Waals surface area contributed by atoms with E-state index in [0.29, 0.717) is 0 Å². The molecule has 0 bridgehead atoms. The predicted octanol–water partition coefficient (Wildman–Crippen LogP) is 2.20. The van der Waals surface area contributed by atoms with Crippen molar-refractivity contribution in [3.8, 4) is 0 Å². The highest BCUT2D eigenvalue weighted by molar-refractivity contribution is 5.70. The van der Waals surface area contributed by atoms with Gasteiger partial charge < -0.3 is 9.64 Å². The largest absolute Gasteiger partial charge is 0.439 e. The molecule has 0 aromatic heterocycles. The molecule has 3 heteroatoms. The molecule has 1 fully saturated rings. The van der Waals surface area contributed by atoms with Crippen molar-refractivity contribution in [2.75, 3.05) is 7.05 Å². The number of carbonyl (C=O) groups excluding carboxylic acids is 1. The number of cyclic esters (lactones) is 1. The average Bonchev–Trinajstić information content (AvgIpc) is 2.47. The number of ether oxygens (including phenoxy) is 1. The normalized spacial score (nSPS) is 26.4. The van der Waals surface area contributed by atoms with Crippen LogP contribution >= 0.6 is 0 Å². The maximum Gasteiger partial charge on any atom is 0.410 e. The van der Waals surface area contributed by atoms with Gasteiger partial charge in [-0.1, -0.05) is 30.3 Å². The predicted molar refractivity (Wildman–Crippen MR) is 52.9 cm³/mol. The Labute approximate surface area is 83.3 Å². The Morgan fingerprint density at radius 3 is 2.43 bits per heavy atom. The lowest BCUT2D eigenvalue weighted by atomic mass is 10.0. The van der Waals surface area contributed by atoms with Crippen molar-refractivity contribution in [1.82, 2.24) is 4.90 Å². The van der Waals surface area contributed by atoms with E-state index < -0.39 is 0 Å². The maximum absolute atomic E-state index is 11.3. The summed E-state index contributed by atoms with van der Waals surface area (Å²) in [5.41, 5.74) is 1.05. The Morgan fingerprint density at radius 1 is 1.29 bits per heavy atom. The van der Waals surface area contributed by atoms with Crippen molar-refractivity contribution in [3.05, 3.63) is 35.9 Å². The number of likely N-dealkylation sites (N-methyl/N-ethyl adjacent to an activating group) is 1. The van der Waals surface area contributed by atoms with Gasteiger partial charge in [0, 0.05) is 7.05 Å². The minimum atomic E-state index is -0.244. The number of nitrogens with zero attached hydrogens (tertiary/aromatic N) is 1. The standard InChI is InChI=1S/C11H13NO2/c1-8-10(14-11(13)12(8)2)9-6-4-3-5-7-9/h3-8,10H,1-2H3. The van der Waals surface area contributed by atoms with E-state index >= 15 is 0 Å². The van der Waals surface area contributed by atoms with Crippen LogP contribution in [-0.4, -0.2) is 24.1 Å². The fraction of sp³-hybridized carbons (Fsp3) is 0.364. The summed E-state index contributed by atoms with van der Waals surface area (Å²) in [5, 5.41) is 0. The molecule has 74 valence electrons. The summed E-state index contributed by atoms with van der Waals surface area (Å²) < 4.78 is 5.26. The second kappa shape index (κ2) is 3.33. The van der Waals surface area contributed by atoms with Crippen LogP contribution in [0.2, 0.25) is 0 Å². The van der Waals surface area contributed by atoms with E-state index in [0.717, 1.165) is 5.56 Å². The number of rotatable bonds is 1. The quantitative estimate of drug-likeness (QED) is 0.681. The van der Waals surface area contributed by atoms with Gasteiger partial charge in [0.2, 0.25) is 0 Å². The van der Waals surface area contributed by atoms with Gasteiger partial charge in [0.1, 0.15) is 6.10 Å². The lowest BCUT2D eigenvalue weighted by molar-refractivity contribution is 0.131. The minimum Gasteiger partial charge on any atom is -0.439 e. The second-order valence-corrected chi connectivity index (χ2v) is 3.57. The van der Waals surface area contributed by atoms with Crippen molar-refractivity contribution in [2.24, 2.45) is 0 Å². The molecule has 1 aromatic carbocycles. The third kappa shape index (κ3) is 1.35. The Kier molecular flexibility index (Phi) is 2.15. The molecule has 3 nitrogen and oxygen atoms in total. The third-order valence-corrected chi connectivity index (χ3v) is 2.69. The summed E-state index contributed by atoms with van der Waals surface area (Å²) in [5.74, 6) is 0. The van der Waals surface area contributed by atoms with Crippen molar-refractivity contribution < 1.29 is 9.53 Å². The summed E-state index contributed by atoms with van der Waals surface area (Å²) in [4.78, 5) is 12.9. The van der Waals surface area contributed by atoms with Crippen molar-refractivity contribution >= 4 is 6.09 Å². The summed E-state index contributed by atoms with van der Waals surface area (Å²) in [7, 11) is 1.76. The Morgan fingerprint density at radius 2 is 1.93 bits per heavy atom. The summed E-state index contributed by atoms with van der Waals surface area (Å²) >= 11 is 0. The molecule has 1 amide bonds. The van der Waals surface area contributed by atoms with Crippen LogP contribution in [0, 0.1) is 0 Å². The molecule has 0 saturated carbocycles. The van der Waals surface area contributed by atoms with Gasteiger partial charge >= 0.3 is 6.09 Å². The van der Waals surface area contributed by atoms with Crippen LogP contribution in [0.1, 0.15) is 18.6 Å². The van der Waals surface area contributed by atoms with Gasteiger partial charge in [0.05, 0.1) is 6.04 Å². The van der Waals surface area contributed by atoms with Crippen molar-refractivity contribution in [1.29, 1.82) is 0 Å². The first-order valence-electron chi connectivity index (χ1n) is 4.68. The van der Waals surface area contributed by atoms with Gasteiger partial charge in [-0.25, -0.2) is 4.79 Å². The van der Waals surface area contributed by atoms with E-state index in [1.165, 1.54) is 0 Å². The summed E-state index contributed by atoms with van der Waals surface area (Å²) in [6.07, 6.45) is -0.375. The van der Waals surface area contributed by atoms with Crippen LogP contribution in [0.25, 0.3) is 0 Å². The molecule has 1 aromatic rings. The highest BCUT2D eigenvalue weighted by Crippen LogP contribution is 2.30. The van der Waals surface area contributed by atoms with Gasteiger partial charge in [-0.2, -0.15) is 0 Å². The molecule has 2 unspecified atom stereocenters. The number of hydrogen-bond acceptors (Lipinski definition) is 2. The molecule has 14 heavy (non-hydrogen) atoms. The number of amides is 1. The van der Waals surface area contributed by atoms with Gasteiger partial charge in [-0.15, -0.1) is 0 Å². The van der Waals surface area contributed by atoms with Gasteiger partial charge in [0.15, 0.2) is 0 Å². The van der Waals surface area contributed by atoms with Crippen LogP contribution in [-0.2, 0) is 4.74 Å². The maximum atomic E-state index is 11.3. The third-order valence-electron chi connectivity index (χ3n) is 2.69. The molecular weight excluding hydrogens is 178 g/mol. The fourth-order valence-electron chi connectivity index (χ4n) is 1.65. The van der Waals surface area contributed by atoms with Crippen LogP contribution in [0.3, 0.4) is 0 Å². The summed E-state index contributed by atoms with van der Waals surface area (Å²) in [6.45, 7) is 1.99. The summed E-state index contributed by atoms with van der Waals surface area (Å²) in [6, 6.07) is 9.92. The van der Waals surface area contributed by atoms with Crippen LogP contribution in [0.15, 0.2) is 30.3 Å². The molecule has 2 rings (SSSR count). The number of carbonyl (C=O) groups is 1. The zero-order chi connectivity index (χ0) is 10.1. The first kappa shape index (κ1) is 9.06. The molecule has 0 radical (unpaired) electrons. The fourth-order valence-corrected chi connectivity index (χ4v) is 1.65. The first-order valence-corrected chi connectivity index (χ1v) is 4.68. The molecular formula is C11H13NO2. The molecule has 1 aliphatic rings. The highest BCUT2D eigenvalue weighted by Gasteiger charge is 2.36. The van der Waals surface area contributed by atoms with Crippen LogP contribution < -0.4 is 0 Å². The van der Waals surface area contributed by atoms with E-state index in [1.807, 2.05) is 37.3 Å². The Bertz CT molecular complexity index is 336. The first-order chi connectivity index (χ1) is 6.70. The van der Waals surface area contributed by atoms with Gasteiger partial charge in [-0.05, 0) is 12.5 Å². The van der Waals surface area contributed by atoms with E-state index in [2.05, 4.69) is 0 Å². The second-order valence-electron chi connectivity index (χ2n) is 3.57. The van der Waals surface area contributed by atoms with E-state index in [-0.39, 0.29) is 18.2 Å². The molecule has 0 spiro atoms. The van der Waals surface area contributed by atoms with E-state index in [4.69, 9.17) is 4.74 Å².